The van der Waals surface area contributed by atoms with Crippen molar-refractivity contribution in [3.05, 3.63) is 29.3 Å². The third-order valence-corrected chi connectivity index (χ3v) is 4.65. The van der Waals surface area contributed by atoms with Crippen LogP contribution in [0.4, 0.5) is 0 Å². The lowest BCUT2D eigenvalue weighted by molar-refractivity contribution is -0.141. The summed E-state index contributed by atoms with van der Waals surface area (Å²) in [6.07, 6.45) is 4.18. The van der Waals surface area contributed by atoms with Gasteiger partial charge in [0.05, 0.1) is 13.0 Å². The summed E-state index contributed by atoms with van der Waals surface area (Å²) in [7, 11) is 1.69. The van der Waals surface area contributed by atoms with E-state index in [1.54, 1.807) is 7.11 Å². The number of hydrogen-bond acceptors (Lipinski definition) is 3. The number of rotatable bonds is 3. The first kappa shape index (κ1) is 13.4. The van der Waals surface area contributed by atoms with Crippen molar-refractivity contribution in [1.82, 2.24) is 4.90 Å². The minimum atomic E-state index is -0.658. The summed E-state index contributed by atoms with van der Waals surface area (Å²) in [5.41, 5.74) is 2.72. The number of nitrogens with zero attached hydrogens (tertiary/aromatic N) is 1. The standard InChI is InChI=1S/C16H21NO3/c1-20-13-6-5-11-3-2-4-15(14(11)9-13)17-8-7-12(10-17)16(18)19/h5-6,9,12,15H,2-4,7-8,10H2,1H3,(H,18,19). The molecule has 20 heavy (non-hydrogen) atoms. The first-order valence-corrected chi connectivity index (χ1v) is 7.32. The van der Waals surface area contributed by atoms with Crippen LogP contribution in [0.25, 0.3) is 0 Å². The van der Waals surface area contributed by atoms with Crippen molar-refractivity contribution in [2.24, 2.45) is 5.92 Å². The second-order valence-electron chi connectivity index (χ2n) is 5.79. The molecule has 1 N–H and O–H groups in total. The maximum Gasteiger partial charge on any atom is 0.307 e. The van der Waals surface area contributed by atoms with Crippen LogP contribution in [0, 0.1) is 5.92 Å². The molecule has 2 unspecified atom stereocenters. The van der Waals surface area contributed by atoms with Gasteiger partial charge in [0, 0.05) is 12.6 Å². The van der Waals surface area contributed by atoms with E-state index in [0.29, 0.717) is 12.6 Å². The second kappa shape index (κ2) is 5.44. The maximum absolute atomic E-state index is 11.1. The number of fused-ring (bicyclic) bond motifs is 1. The molecule has 1 aromatic carbocycles. The van der Waals surface area contributed by atoms with Crippen LogP contribution in [-0.2, 0) is 11.2 Å². The van der Waals surface area contributed by atoms with Crippen molar-refractivity contribution in [2.75, 3.05) is 20.2 Å². The Labute approximate surface area is 119 Å². The third-order valence-electron chi connectivity index (χ3n) is 4.65. The summed E-state index contributed by atoms with van der Waals surface area (Å²) in [6, 6.07) is 6.67. The van der Waals surface area contributed by atoms with Gasteiger partial charge in [-0.15, -0.1) is 0 Å². The average Bonchev–Trinajstić information content (AvgIpc) is 2.96. The summed E-state index contributed by atoms with van der Waals surface area (Å²) in [4.78, 5) is 13.5. The molecule has 4 nitrogen and oxygen atoms in total. The van der Waals surface area contributed by atoms with Gasteiger partial charge < -0.3 is 9.84 Å². The zero-order valence-corrected chi connectivity index (χ0v) is 11.8. The molecule has 0 radical (unpaired) electrons. The number of aliphatic carboxylic acids is 1. The number of benzene rings is 1. The number of carboxylic acid groups (broad SMARTS) is 1. The minimum absolute atomic E-state index is 0.203. The molecule has 1 heterocycles. The van der Waals surface area contributed by atoms with Crippen LogP contribution in [0.1, 0.15) is 36.4 Å². The molecule has 1 aliphatic carbocycles. The number of likely N-dealkylation sites (tertiary alicyclic amines) is 1. The highest BCUT2D eigenvalue weighted by atomic mass is 16.5. The van der Waals surface area contributed by atoms with E-state index in [2.05, 4.69) is 17.0 Å². The highest BCUT2D eigenvalue weighted by Gasteiger charge is 2.34. The lowest BCUT2D eigenvalue weighted by Crippen LogP contribution is -2.30. The molecule has 0 bridgehead atoms. The van der Waals surface area contributed by atoms with Crippen molar-refractivity contribution < 1.29 is 14.6 Å². The molecular formula is C16H21NO3. The largest absolute Gasteiger partial charge is 0.497 e. The first-order chi connectivity index (χ1) is 9.69. The summed E-state index contributed by atoms with van der Waals surface area (Å²) in [6.45, 7) is 1.56. The Hall–Kier alpha value is -1.55. The number of carbonyl (C=O) groups is 1. The monoisotopic (exact) mass is 275 g/mol. The number of carboxylic acids is 1. The van der Waals surface area contributed by atoms with E-state index in [1.165, 1.54) is 17.5 Å². The van der Waals surface area contributed by atoms with Crippen LogP contribution in [-0.4, -0.2) is 36.2 Å². The fourth-order valence-corrected chi connectivity index (χ4v) is 3.53. The minimum Gasteiger partial charge on any atom is -0.497 e. The van der Waals surface area contributed by atoms with Crippen molar-refractivity contribution in [3.63, 3.8) is 0 Å². The molecule has 1 aromatic rings. The van der Waals surface area contributed by atoms with Gasteiger partial charge >= 0.3 is 5.97 Å². The van der Waals surface area contributed by atoms with E-state index in [4.69, 9.17) is 9.84 Å². The smallest absolute Gasteiger partial charge is 0.307 e. The van der Waals surface area contributed by atoms with Gasteiger partial charge in [-0.2, -0.15) is 0 Å². The van der Waals surface area contributed by atoms with E-state index in [-0.39, 0.29) is 5.92 Å². The van der Waals surface area contributed by atoms with Crippen LogP contribution < -0.4 is 4.74 Å². The predicted molar refractivity (Wildman–Crippen MR) is 76.0 cm³/mol. The lowest BCUT2D eigenvalue weighted by atomic mass is 9.86. The van der Waals surface area contributed by atoms with E-state index < -0.39 is 5.97 Å². The highest BCUT2D eigenvalue weighted by molar-refractivity contribution is 5.70. The molecule has 0 saturated carbocycles. The van der Waals surface area contributed by atoms with Crippen molar-refractivity contribution in [1.29, 1.82) is 0 Å². The van der Waals surface area contributed by atoms with Gasteiger partial charge in [-0.25, -0.2) is 0 Å². The van der Waals surface area contributed by atoms with Gasteiger partial charge in [-0.05, 0) is 55.5 Å². The molecule has 4 heteroatoms. The van der Waals surface area contributed by atoms with Crippen LogP contribution in [0.2, 0.25) is 0 Å². The average molecular weight is 275 g/mol. The SMILES string of the molecule is COc1ccc2c(c1)C(N1CCC(C(=O)O)C1)CCC2. The third kappa shape index (κ3) is 2.40. The Balaban J connectivity index is 1.84. The summed E-state index contributed by atoms with van der Waals surface area (Å²) in [5, 5.41) is 9.16. The summed E-state index contributed by atoms with van der Waals surface area (Å²) in [5.74, 6) is 0.0322. The van der Waals surface area contributed by atoms with E-state index in [9.17, 15) is 4.79 Å². The highest BCUT2D eigenvalue weighted by Crippen LogP contribution is 2.38. The fraction of sp³-hybridized carbons (Fsp3) is 0.562. The molecule has 2 atom stereocenters. The maximum atomic E-state index is 11.1. The van der Waals surface area contributed by atoms with E-state index in [1.807, 2.05) is 6.07 Å². The zero-order chi connectivity index (χ0) is 14.1. The Morgan fingerprint density at radius 3 is 2.95 bits per heavy atom. The Bertz CT molecular complexity index is 514. The van der Waals surface area contributed by atoms with Crippen LogP contribution in [0.3, 0.4) is 0 Å². The molecule has 3 rings (SSSR count). The lowest BCUT2D eigenvalue weighted by Gasteiger charge is -2.33. The topological polar surface area (TPSA) is 49.8 Å². The van der Waals surface area contributed by atoms with Gasteiger partial charge in [-0.3, -0.25) is 9.69 Å². The predicted octanol–water partition coefficient (Wildman–Crippen LogP) is 2.48. The van der Waals surface area contributed by atoms with Gasteiger partial charge in [0.1, 0.15) is 5.75 Å². The molecular weight excluding hydrogens is 254 g/mol. The molecule has 2 aliphatic rings. The molecule has 108 valence electrons. The van der Waals surface area contributed by atoms with E-state index in [0.717, 1.165) is 31.6 Å². The van der Waals surface area contributed by atoms with Crippen molar-refractivity contribution >= 4 is 5.97 Å². The Morgan fingerprint density at radius 2 is 2.25 bits per heavy atom. The van der Waals surface area contributed by atoms with Gasteiger partial charge in [0.2, 0.25) is 0 Å². The number of methoxy groups -OCH3 is 1. The fourth-order valence-electron chi connectivity index (χ4n) is 3.53. The zero-order valence-electron chi connectivity index (χ0n) is 11.8. The first-order valence-electron chi connectivity index (χ1n) is 7.32. The van der Waals surface area contributed by atoms with Crippen molar-refractivity contribution in [3.8, 4) is 5.75 Å². The Morgan fingerprint density at radius 1 is 1.40 bits per heavy atom. The van der Waals surface area contributed by atoms with Gasteiger partial charge in [0.15, 0.2) is 0 Å². The summed E-state index contributed by atoms with van der Waals surface area (Å²) < 4.78 is 5.34. The molecule has 0 amide bonds. The molecule has 0 aromatic heterocycles. The van der Waals surface area contributed by atoms with E-state index >= 15 is 0 Å². The van der Waals surface area contributed by atoms with Gasteiger partial charge in [0.25, 0.3) is 0 Å². The summed E-state index contributed by atoms with van der Waals surface area (Å²) >= 11 is 0. The molecule has 1 saturated heterocycles. The molecule has 0 spiro atoms. The molecule has 1 fully saturated rings. The Kier molecular flexibility index (Phi) is 3.66. The second-order valence-corrected chi connectivity index (χ2v) is 5.79. The number of hydrogen-bond donors (Lipinski definition) is 1. The normalized spacial score (nSPS) is 26.2. The number of ether oxygens (including phenoxy) is 1. The van der Waals surface area contributed by atoms with Crippen molar-refractivity contribution in [2.45, 2.75) is 31.7 Å². The number of aryl methyl sites for hydroxylation is 1. The molecule has 1 aliphatic heterocycles. The van der Waals surface area contributed by atoms with Crippen LogP contribution >= 0.6 is 0 Å². The van der Waals surface area contributed by atoms with Crippen LogP contribution in [0.15, 0.2) is 18.2 Å². The van der Waals surface area contributed by atoms with Crippen LogP contribution in [0.5, 0.6) is 5.75 Å². The quantitative estimate of drug-likeness (QED) is 0.920. The van der Waals surface area contributed by atoms with Gasteiger partial charge in [-0.1, -0.05) is 6.07 Å².